The van der Waals surface area contributed by atoms with Crippen molar-refractivity contribution < 1.29 is 19.0 Å². The van der Waals surface area contributed by atoms with Crippen LogP contribution in [0.5, 0.6) is 0 Å². The third-order valence-corrected chi connectivity index (χ3v) is 9.03. The summed E-state index contributed by atoms with van der Waals surface area (Å²) in [5, 5.41) is 3.95. The molecule has 10 heteroatoms. The van der Waals surface area contributed by atoms with Gasteiger partial charge >= 0.3 is 5.97 Å². The zero-order chi connectivity index (χ0) is 32.7. The lowest BCUT2D eigenvalue weighted by Gasteiger charge is -2.23. The number of anilines is 2. The minimum Gasteiger partial charge on any atom is -0.455 e. The fourth-order valence-electron chi connectivity index (χ4n) is 6.01. The van der Waals surface area contributed by atoms with Crippen molar-refractivity contribution in [1.82, 2.24) is 19.5 Å². The molecule has 1 aliphatic heterocycles. The number of benzene rings is 1. The molecular formula is C36H50ClN5O4. The highest BCUT2D eigenvalue weighted by atomic mass is 35.5. The molecule has 0 spiro atoms. The van der Waals surface area contributed by atoms with Gasteiger partial charge in [-0.15, -0.1) is 6.42 Å². The lowest BCUT2D eigenvalue weighted by Crippen LogP contribution is -2.37. The molecule has 4 rings (SSSR count). The van der Waals surface area contributed by atoms with Gasteiger partial charge in [0, 0.05) is 24.2 Å². The van der Waals surface area contributed by atoms with Gasteiger partial charge in [0.15, 0.2) is 35.4 Å². The second-order valence-electron chi connectivity index (χ2n) is 12.2. The zero-order valence-corrected chi connectivity index (χ0v) is 28.4. The number of carbonyl (C=O) groups excluding carboxylic acids is 1. The molecule has 46 heavy (non-hydrogen) atoms. The van der Waals surface area contributed by atoms with E-state index in [4.69, 9.17) is 32.2 Å². The fourth-order valence-corrected chi connectivity index (χ4v) is 6.19. The van der Waals surface area contributed by atoms with E-state index in [1.54, 1.807) is 10.9 Å². The molecule has 1 saturated heterocycles. The molecule has 250 valence electrons. The highest BCUT2D eigenvalue weighted by molar-refractivity contribution is 6.31. The lowest BCUT2D eigenvalue weighted by molar-refractivity contribution is -0.157. The van der Waals surface area contributed by atoms with Gasteiger partial charge in [-0.2, -0.15) is 0 Å². The SMILES string of the molecule is C#C[C@H]1O[C@@H](n2cnc3c(Nc4cccc(Cl)c4C)ncnc32)[C@H](OC(C)=O)[C@H]1OCCCCCCCCCCCCCCCC. The molecule has 1 aromatic carbocycles. The lowest BCUT2D eigenvalue weighted by atomic mass is 10.0. The van der Waals surface area contributed by atoms with Crippen LogP contribution in [0, 0.1) is 19.3 Å². The van der Waals surface area contributed by atoms with Crippen LogP contribution in [0.4, 0.5) is 11.5 Å². The number of rotatable bonds is 20. The third-order valence-electron chi connectivity index (χ3n) is 8.62. The molecule has 0 unspecified atom stereocenters. The molecule has 1 fully saturated rings. The van der Waals surface area contributed by atoms with Gasteiger partial charge in [0.1, 0.15) is 12.4 Å². The molecule has 3 aromatic rings. The van der Waals surface area contributed by atoms with E-state index in [1.807, 2.05) is 25.1 Å². The summed E-state index contributed by atoms with van der Waals surface area (Å²) in [4.78, 5) is 25.6. The number of fused-ring (bicyclic) bond motifs is 1. The van der Waals surface area contributed by atoms with Crippen LogP contribution in [0.15, 0.2) is 30.9 Å². The smallest absolute Gasteiger partial charge is 0.303 e. The van der Waals surface area contributed by atoms with E-state index in [0.717, 1.165) is 24.1 Å². The third kappa shape index (κ3) is 9.90. The van der Waals surface area contributed by atoms with Crippen LogP contribution in [0.3, 0.4) is 0 Å². The Morgan fingerprint density at radius 3 is 2.26 bits per heavy atom. The van der Waals surface area contributed by atoms with E-state index in [1.165, 1.54) is 90.3 Å². The second kappa shape index (κ2) is 18.8. The second-order valence-corrected chi connectivity index (χ2v) is 12.6. The molecule has 0 amide bonds. The van der Waals surface area contributed by atoms with Gasteiger partial charge in [0.05, 0.1) is 6.33 Å². The van der Waals surface area contributed by atoms with Crippen LogP contribution in [0.25, 0.3) is 11.2 Å². The molecule has 0 radical (unpaired) electrons. The number of hydrogen-bond acceptors (Lipinski definition) is 8. The summed E-state index contributed by atoms with van der Waals surface area (Å²) in [7, 11) is 0. The van der Waals surface area contributed by atoms with Gasteiger partial charge < -0.3 is 19.5 Å². The van der Waals surface area contributed by atoms with E-state index in [0.29, 0.717) is 28.6 Å². The van der Waals surface area contributed by atoms with Gasteiger partial charge in [0.2, 0.25) is 0 Å². The van der Waals surface area contributed by atoms with Crippen LogP contribution in [-0.2, 0) is 19.0 Å². The van der Waals surface area contributed by atoms with Crippen molar-refractivity contribution in [2.24, 2.45) is 0 Å². The summed E-state index contributed by atoms with van der Waals surface area (Å²) in [6.45, 7) is 6.07. The predicted octanol–water partition coefficient (Wildman–Crippen LogP) is 8.86. The summed E-state index contributed by atoms with van der Waals surface area (Å²) < 4.78 is 20.0. The largest absolute Gasteiger partial charge is 0.455 e. The van der Waals surface area contributed by atoms with Gasteiger partial charge in [-0.25, -0.2) is 15.0 Å². The van der Waals surface area contributed by atoms with Crippen LogP contribution in [0.1, 0.15) is 116 Å². The molecule has 3 heterocycles. The summed E-state index contributed by atoms with van der Waals surface area (Å²) in [5.41, 5.74) is 2.72. The average Bonchev–Trinajstić information content (AvgIpc) is 3.62. The number of imidazole rings is 1. The first-order valence-electron chi connectivity index (χ1n) is 17.0. The van der Waals surface area contributed by atoms with Gasteiger partial charge in [0.25, 0.3) is 0 Å². The first-order valence-corrected chi connectivity index (χ1v) is 17.4. The minimum absolute atomic E-state index is 0.445. The summed E-state index contributed by atoms with van der Waals surface area (Å²) in [6.07, 6.45) is 24.1. The highest BCUT2D eigenvalue weighted by Gasteiger charge is 2.48. The Hall–Kier alpha value is -3.19. The maximum atomic E-state index is 12.2. The Kier molecular flexibility index (Phi) is 14.6. The number of carbonyl (C=O) groups is 1. The summed E-state index contributed by atoms with van der Waals surface area (Å²) in [5.74, 6) is 2.75. The molecule has 0 bridgehead atoms. The Morgan fingerprint density at radius 2 is 1.63 bits per heavy atom. The quantitative estimate of drug-likeness (QED) is 0.0734. The van der Waals surface area contributed by atoms with Crippen molar-refractivity contribution in [1.29, 1.82) is 0 Å². The van der Waals surface area contributed by atoms with Crippen molar-refractivity contribution in [3.05, 3.63) is 41.4 Å². The topological polar surface area (TPSA) is 100 Å². The van der Waals surface area contributed by atoms with Crippen molar-refractivity contribution >= 4 is 40.2 Å². The van der Waals surface area contributed by atoms with E-state index in [2.05, 4.69) is 33.1 Å². The maximum absolute atomic E-state index is 12.2. The van der Waals surface area contributed by atoms with Crippen LogP contribution in [-0.4, -0.2) is 50.4 Å². The van der Waals surface area contributed by atoms with E-state index in [9.17, 15) is 4.79 Å². The number of nitrogens with zero attached hydrogens (tertiary/aromatic N) is 4. The van der Waals surface area contributed by atoms with Crippen molar-refractivity contribution in [3.8, 4) is 12.3 Å². The zero-order valence-electron chi connectivity index (χ0n) is 27.7. The molecule has 2 aromatic heterocycles. The summed E-state index contributed by atoms with van der Waals surface area (Å²) >= 11 is 6.32. The van der Waals surface area contributed by atoms with Gasteiger partial charge in [-0.05, 0) is 31.0 Å². The predicted molar refractivity (Wildman–Crippen MR) is 183 cm³/mol. The molecule has 1 aliphatic rings. The van der Waals surface area contributed by atoms with Gasteiger partial charge in [-0.3, -0.25) is 9.36 Å². The monoisotopic (exact) mass is 651 g/mol. The number of hydrogen-bond donors (Lipinski definition) is 1. The minimum atomic E-state index is -0.774. The number of nitrogens with one attached hydrogen (secondary N) is 1. The standard InChI is InChI=1S/C36H50ClN5O4/c1-5-7-8-9-10-11-12-13-14-15-16-17-18-19-23-44-32-30(6-2)46-36(33(32)45-27(4)43)42-25-40-31-34(38-24-39-35(31)42)41-29-22-20-21-28(37)26(29)3/h2,20-22,24-25,30,32-33,36H,5,7-19,23H2,1,3-4H3,(H,38,39,41)/t30-,32+,33-,36-/m1/s1. The number of ether oxygens (including phenoxy) is 3. The van der Waals surface area contributed by atoms with Crippen LogP contribution >= 0.6 is 11.6 Å². The molecule has 1 N–H and O–H groups in total. The maximum Gasteiger partial charge on any atom is 0.303 e. The van der Waals surface area contributed by atoms with Gasteiger partial charge in [-0.1, -0.05) is 114 Å². The number of halogens is 1. The normalized spacial score (nSPS) is 19.4. The Labute approximate surface area is 279 Å². The Morgan fingerprint density at radius 1 is 0.978 bits per heavy atom. The molecule has 9 nitrogen and oxygen atoms in total. The molecule has 0 saturated carbocycles. The number of unbranched alkanes of at least 4 members (excludes halogenated alkanes) is 13. The fraction of sp³-hybridized carbons (Fsp3) is 0.611. The number of terminal acetylenes is 1. The molecular weight excluding hydrogens is 602 g/mol. The van der Waals surface area contributed by atoms with Crippen molar-refractivity contribution in [3.63, 3.8) is 0 Å². The first kappa shape index (κ1) is 35.7. The van der Waals surface area contributed by atoms with E-state index < -0.39 is 30.5 Å². The van der Waals surface area contributed by atoms with E-state index in [-0.39, 0.29) is 0 Å². The Balaban J connectivity index is 1.29. The Bertz CT molecular complexity index is 1420. The van der Waals surface area contributed by atoms with E-state index >= 15 is 0 Å². The number of esters is 1. The van der Waals surface area contributed by atoms with Crippen molar-refractivity contribution in [2.45, 2.75) is 135 Å². The summed E-state index contributed by atoms with van der Waals surface area (Å²) in [6, 6.07) is 5.61. The van der Waals surface area contributed by atoms with Crippen molar-refractivity contribution in [2.75, 3.05) is 11.9 Å². The highest BCUT2D eigenvalue weighted by Crippen LogP contribution is 2.36. The number of aromatic nitrogens is 4. The average molecular weight is 652 g/mol. The molecule has 0 aliphatic carbocycles. The molecule has 4 atom stereocenters. The van der Waals surface area contributed by atoms with Crippen LogP contribution in [0.2, 0.25) is 5.02 Å². The first-order chi connectivity index (χ1) is 22.4. The van der Waals surface area contributed by atoms with Crippen LogP contribution < -0.4 is 5.32 Å².